The first-order chi connectivity index (χ1) is 17.8. The number of primary amides is 1. The van der Waals surface area contributed by atoms with Gasteiger partial charge in [0.15, 0.2) is 11.2 Å². The Labute approximate surface area is 206 Å². The standard InChI is InChI=1S/C24H18FN7O5/c25-15-3-1-12(7-14(15)21(26)33)10-28-23(35)18-9-17(30-20-5-6-29-32(18)20)22(34)27-11-13-2-4-19-16(8-13)31-24(36)37-19/h1-9H,10-11H2,(H2,26,33)(H,27,34)(H,28,35)(H,31,36). The summed E-state index contributed by atoms with van der Waals surface area (Å²) in [6, 6.07) is 11.6. The number of carbonyl (C=O) groups excluding carboxylic acids is 3. The second kappa shape index (κ2) is 9.37. The molecule has 2 aromatic carbocycles. The van der Waals surface area contributed by atoms with Gasteiger partial charge in [-0.2, -0.15) is 5.10 Å². The summed E-state index contributed by atoms with van der Waals surface area (Å²) in [6.45, 7) is 0.0903. The summed E-state index contributed by atoms with van der Waals surface area (Å²) in [4.78, 5) is 55.3. The summed E-state index contributed by atoms with van der Waals surface area (Å²) in [5, 5.41) is 9.46. The van der Waals surface area contributed by atoms with Gasteiger partial charge in [-0.05, 0) is 35.4 Å². The Balaban J connectivity index is 1.33. The van der Waals surface area contributed by atoms with Crippen LogP contribution in [0.4, 0.5) is 4.39 Å². The van der Waals surface area contributed by atoms with E-state index in [0.29, 0.717) is 22.2 Å². The molecule has 186 valence electrons. The molecule has 0 aliphatic carbocycles. The van der Waals surface area contributed by atoms with E-state index in [9.17, 15) is 23.6 Å². The number of rotatable bonds is 7. The van der Waals surface area contributed by atoms with Gasteiger partial charge in [0.25, 0.3) is 17.7 Å². The summed E-state index contributed by atoms with van der Waals surface area (Å²) < 4.78 is 20.0. The minimum Gasteiger partial charge on any atom is -0.408 e. The third-order valence-electron chi connectivity index (χ3n) is 5.51. The van der Waals surface area contributed by atoms with Gasteiger partial charge in [0, 0.05) is 25.2 Å². The molecule has 0 bridgehead atoms. The van der Waals surface area contributed by atoms with Crippen molar-refractivity contribution in [3.8, 4) is 0 Å². The second-order valence-corrected chi connectivity index (χ2v) is 8.02. The van der Waals surface area contributed by atoms with Crippen LogP contribution in [0.1, 0.15) is 42.5 Å². The molecule has 5 N–H and O–H groups in total. The van der Waals surface area contributed by atoms with E-state index in [-0.39, 0.29) is 35.7 Å². The van der Waals surface area contributed by atoms with E-state index in [4.69, 9.17) is 10.2 Å². The number of nitrogens with two attached hydrogens (primary N) is 1. The topological polar surface area (TPSA) is 177 Å². The molecular formula is C24H18FN7O5. The molecule has 0 saturated heterocycles. The normalized spacial score (nSPS) is 11.1. The number of fused-ring (bicyclic) bond motifs is 2. The summed E-state index contributed by atoms with van der Waals surface area (Å²) >= 11 is 0. The lowest BCUT2D eigenvalue weighted by Gasteiger charge is -2.10. The molecule has 0 aliphatic rings. The maximum Gasteiger partial charge on any atom is 0.417 e. The Kier molecular flexibility index (Phi) is 5.93. The minimum absolute atomic E-state index is 0.0197. The maximum absolute atomic E-state index is 13.7. The third-order valence-corrected chi connectivity index (χ3v) is 5.51. The molecule has 37 heavy (non-hydrogen) atoms. The van der Waals surface area contributed by atoms with Crippen molar-refractivity contribution in [1.29, 1.82) is 0 Å². The zero-order valence-electron chi connectivity index (χ0n) is 18.9. The number of aromatic nitrogens is 4. The fourth-order valence-electron chi connectivity index (χ4n) is 3.72. The number of nitrogens with zero attached hydrogens (tertiary/aromatic N) is 3. The molecule has 0 saturated carbocycles. The van der Waals surface area contributed by atoms with Crippen LogP contribution in [0.15, 0.2) is 63.9 Å². The van der Waals surface area contributed by atoms with Crippen LogP contribution >= 0.6 is 0 Å². The highest BCUT2D eigenvalue weighted by Crippen LogP contribution is 2.14. The van der Waals surface area contributed by atoms with Gasteiger partial charge in [-0.3, -0.25) is 19.4 Å². The SMILES string of the molecule is NC(=O)c1cc(CNC(=O)c2cc(C(=O)NCc3ccc4oc(=O)[nH]c4c3)nc3ccnn23)ccc1F. The van der Waals surface area contributed by atoms with Gasteiger partial charge in [0.05, 0.1) is 17.3 Å². The first-order valence-corrected chi connectivity index (χ1v) is 10.9. The first-order valence-electron chi connectivity index (χ1n) is 10.9. The quantitative estimate of drug-likeness (QED) is 0.258. The van der Waals surface area contributed by atoms with E-state index in [1.807, 2.05) is 0 Å². The van der Waals surface area contributed by atoms with E-state index in [2.05, 4.69) is 25.7 Å². The van der Waals surface area contributed by atoms with Crippen LogP contribution in [0.3, 0.4) is 0 Å². The zero-order valence-corrected chi connectivity index (χ0v) is 18.9. The van der Waals surface area contributed by atoms with E-state index in [1.165, 1.54) is 35.0 Å². The lowest BCUT2D eigenvalue weighted by molar-refractivity contribution is 0.0941. The molecule has 3 amide bonds. The Morgan fingerprint density at radius 2 is 1.73 bits per heavy atom. The number of H-pyrrole nitrogens is 1. The summed E-state index contributed by atoms with van der Waals surface area (Å²) in [7, 11) is 0. The average molecular weight is 503 g/mol. The Morgan fingerprint density at radius 3 is 2.51 bits per heavy atom. The predicted octanol–water partition coefficient (Wildman–Crippen LogP) is 1.26. The van der Waals surface area contributed by atoms with Crippen molar-refractivity contribution in [3.63, 3.8) is 0 Å². The number of hydrogen-bond donors (Lipinski definition) is 4. The monoisotopic (exact) mass is 503 g/mol. The average Bonchev–Trinajstić information content (AvgIpc) is 3.50. The van der Waals surface area contributed by atoms with Gasteiger partial charge < -0.3 is 20.8 Å². The number of carbonyl (C=O) groups is 3. The molecular weight excluding hydrogens is 485 g/mol. The highest BCUT2D eigenvalue weighted by atomic mass is 19.1. The van der Waals surface area contributed by atoms with E-state index >= 15 is 0 Å². The number of amides is 3. The molecule has 0 fully saturated rings. The smallest absolute Gasteiger partial charge is 0.408 e. The molecule has 0 atom stereocenters. The van der Waals surface area contributed by atoms with Crippen molar-refractivity contribution in [3.05, 3.63) is 99.2 Å². The number of benzene rings is 2. The molecule has 3 aromatic heterocycles. The lowest BCUT2D eigenvalue weighted by Crippen LogP contribution is -2.28. The Hall–Kier alpha value is -5.33. The van der Waals surface area contributed by atoms with Gasteiger partial charge in [0.1, 0.15) is 17.2 Å². The van der Waals surface area contributed by atoms with Gasteiger partial charge in [-0.1, -0.05) is 12.1 Å². The predicted molar refractivity (Wildman–Crippen MR) is 127 cm³/mol. The highest BCUT2D eigenvalue weighted by Gasteiger charge is 2.18. The maximum atomic E-state index is 13.7. The van der Waals surface area contributed by atoms with Crippen molar-refractivity contribution < 1.29 is 23.2 Å². The van der Waals surface area contributed by atoms with Crippen LogP contribution in [0.5, 0.6) is 0 Å². The molecule has 5 aromatic rings. The van der Waals surface area contributed by atoms with Crippen molar-refractivity contribution in [2.24, 2.45) is 5.73 Å². The largest absolute Gasteiger partial charge is 0.417 e. The molecule has 0 spiro atoms. The summed E-state index contributed by atoms with van der Waals surface area (Å²) in [6.07, 6.45) is 1.43. The summed E-state index contributed by atoms with van der Waals surface area (Å²) in [5.41, 5.74) is 7.22. The molecule has 0 aliphatic heterocycles. The van der Waals surface area contributed by atoms with Crippen LogP contribution in [-0.4, -0.2) is 37.3 Å². The van der Waals surface area contributed by atoms with Crippen LogP contribution in [0.25, 0.3) is 16.7 Å². The number of hydrogen-bond acceptors (Lipinski definition) is 7. The Bertz CT molecular complexity index is 1750. The molecule has 12 nitrogen and oxygen atoms in total. The van der Waals surface area contributed by atoms with Crippen molar-refractivity contribution in [2.75, 3.05) is 0 Å². The van der Waals surface area contributed by atoms with Crippen LogP contribution < -0.4 is 22.1 Å². The van der Waals surface area contributed by atoms with Gasteiger partial charge in [-0.25, -0.2) is 18.7 Å². The van der Waals surface area contributed by atoms with Crippen molar-refractivity contribution >= 4 is 34.5 Å². The Morgan fingerprint density at radius 1 is 1.00 bits per heavy atom. The lowest BCUT2D eigenvalue weighted by atomic mass is 10.1. The summed E-state index contributed by atoms with van der Waals surface area (Å²) in [5.74, 6) is -3.38. The number of halogens is 1. The molecule has 0 radical (unpaired) electrons. The van der Waals surface area contributed by atoms with E-state index in [1.54, 1.807) is 18.2 Å². The zero-order chi connectivity index (χ0) is 26.1. The molecule has 13 heteroatoms. The van der Waals surface area contributed by atoms with Gasteiger partial charge in [-0.15, -0.1) is 0 Å². The van der Waals surface area contributed by atoms with E-state index in [0.717, 1.165) is 6.07 Å². The van der Waals surface area contributed by atoms with Crippen molar-refractivity contribution in [1.82, 2.24) is 30.2 Å². The second-order valence-electron chi connectivity index (χ2n) is 8.02. The van der Waals surface area contributed by atoms with Crippen LogP contribution in [0, 0.1) is 5.82 Å². The highest BCUT2D eigenvalue weighted by molar-refractivity contribution is 5.98. The fraction of sp³-hybridized carbons (Fsp3) is 0.0833. The number of aromatic amines is 1. The third kappa shape index (κ3) is 4.77. The van der Waals surface area contributed by atoms with E-state index < -0.39 is 29.3 Å². The first kappa shape index (κ1) is 23.4. The van der Waals surface area contributed by atoms with Gasteiger partial charge >= 0.3 is 5.76 Å². The van der Waals surface area contributed by atoms with Crippen molar-refractivity contribution in [2.45, 2.75) is 13.1 Å². The van der Waals surface area contributed by atoms with Crippen LogP contribution in [-0.2, 0) is 13.1 Å². The van der Waals surface area contributed by atoms with Crippen LogP contribution in [0.2, 0.25) is 0 Å². The minimum atomic E-state index is -0.924. The molecule has 5 rings (SSSR count). The number of nitrogens with one attached hydrogen (secondary N) is 3. The molecule has 0 unspecified atom stereocenters. The molecule has 3 heterocycles. The fourth-order valence-corrected chi connectivity index (χ4v) is 3.72. The van der Waals surface area contributed by atoms with Gasteiger partial charge in [0.2, 0.25) is 0 Å². The number of oxazole rings is 1.